The summed E-state index contributed by atoms with van der Waals surface area (Å²) in [6, 6.07) is 11.0. The highest BCUT2D eigenvalue weighted by atomic mass is 35.5. The van der Waals surface area contributed by atoms with Crippen LogP contribution < -0.4 is 10.2 Å². The van der Waals surface area contributed by atoms with Gasteiger partial charge in [-0.15, -0.1) is 0 Å². The minimum absolute atomic E-state index is 0.107. The van der Waals surface area contributed by atoms with E-state index in [9.17, 15) is 9.59 Å². The molecule has 0 saturated heterocycles. The SMILES string of the molecule is COc1ccccc1Sc1[nH]c2c(C)ccc(Cl)c2c(=O)c1C(C)=O. The molecule has 2 aromatic carbocycles. The van der Waals surface area contributed by atoms with Crippen LogP contribution in [0.25, 0.3) is 10.9 Å². The number of ether oxygens (including phenoxy) is 1. The molecule has 1 N–H and O–H groups in total. The van der Waals surface area contributed by atoms with E-state index < -0.39 is 0 Å². The molecule has 0 aliphatic rings. The second-order valence-corrected chi connectivity index (χ2v) is 7.04. The van der Waals surface area contributed by atoms with Crippen LogP contribution in [-0.4, -0.2) is 17.9 Å². The Morgan fingerprint density at radius 1 is 1.20 bits per heavy atom. The maximum atomic E-state index is 12.9. The Hall–Kier alpha value is -2.24. The zero-order chi connectivity index (χ0) is 18.1. The van der Waals surface area contributed by atoms with Crippen LogP contribution in [0, 0.1) is 6.92 Å². The van der Waals surface area contributed by atoms with Crippen molar-refractivity contribution in [3.63, 3.8) is 0 Å². The number of aromatic nitrogens is 1. The third-order valence-corrected chi connectivity index (χ3v) is 5.30. The van der Waals surface area contributed by atoms with E-state index in [0.29, 0.717) is 26.7 Å². The number of methoxy groups -OCH3 is 1. The Kier molecular flexibility index (Phi) is 4.88. The molecule has 25 heavy (non-hydrogen) atoms. The Labute approximate surface area is 154 Å². The predicted octanol–water partition coefficient (Wildman–Crippen LogP) is 4.85. The van der Waals surface area contributed by atoms with E-state index in [-0.39, 0.29) is 16.8 Å². The summed E-state index contributed by atoms with van der Waals surface area (Å²) in [4.78, 5) is 29.1. The van der Waals surface area contributed by atoms with E-state index in [0.717, 1.165) is 10.5 Å². The predicted molar refractivity (Wildman–Crippen MR) is 101 cm³/mol. The van der Waals surface area contributed by atoms with Crippen LogP contribution in [0.1, 0.15) is 22.8 Å². The van der Waals surface area contributed by atoms with Gasteiger partial charge in [0.15, 0.2) is 5.78 Å². The number of nitrogens with one attached hydrogen (secondary N) is 1. The fourth-order valence-electron chi connectivity index (χ4n) is 2.68. The summed E-state index contributed by atoms with van der Waals surface area (Å²) >= 11 is 7.51. The summed E-state index contributed by atoms with van der Waals surface area (Å²) in [5, 5.41) is 1.16. The number of aryl methyl sites for hydroxylation is 1. The maximum Gasteiger partial charge on any atom is 0.202 e. The van der Waals surface area contributed by atoms with Crippen molar-refractivity contribution in [2.45, 2.75) is 23.8 Å². The van der Waals surface area contributed by atoms with Crippen LogP contribution in [0.2, 0.25) is 5.02 Å². The lowest BCUT2D eigenvalue weighted by Crippen LogP contribution is -2.17. The fourth-order valence-corrected chi connectivity index (χ4v) is 4.03. The summed E-state index contributed by atoms with van der Waals surface area (Å²) in [5.41, 5.74) is 1.27. The highest BCUT2D eigenvalue weighted by molar-refractivity contribution is 7.99. The standard InChI is InChI=1S/C19H16ClNO3S/c1-10-8-9-12(20)16-17(10)21-19(15(11(2)22)18(16)23)25-14-7-5-4-6-13(14)24-3/h4-9H,1-3H3,(H,21,23). The number of hydrogen-bond donors (Lipinski definition) is 1. The molecular weight excluding hydrogens is 358 g/mol. The van der Waals surface area contributed by atoms with Gasteiger partial charge in [0.25, 0.3) is 0 Å². The van der Waals surface area contributed by atoms with E-state index in [1.165, 1.54) is 18.7 Å². The first kappa shape index (κ1) is 17.6. The number of Topliss-reactive ketones (excluding diaryl/α,β-unsaturated/α-hetero) is 1. The molecule has 0 aliphatic heterocycles. The summed E-state index contributed by atoms with van der Waals surface area (Å²) in [7, 11) is 1.58. The molecule has 0 unspecified atom stereocenters. The average molecular weight is 374 g/mol. The monoisotopic (exact) mass is 373 g/mol. The van der Waals surface area contributed by atoms with Crippen LogP contribution >= 0.6 is 23.4 Å². The summed E-state index contributed by atoms with van der Waals surface area (Å²) < 4.78 is 5.36. The van der Waals surface area contributed by atoms with E-state index in [4.69, 9.17) is 16.3 Å². The molecule has 0 atom stereocenters. The molecule has 0 radical (unpaired) electrons. The van der Waals surface area contributed by atoms with Gasteiger partial charge >= 0.3 is 0 Å². The van der Waals surface area contributed by atoms with Gasteiger partial charge in [-0.3, -0.25) is 9.59 Å². The molecule has 0 fully saturated rings. The number of fused-ring (bicyclic) bond motifs is 1. The molecule has 6 heteroatoms. The number of pyridine rings is 1. The van der Waals surface area contributed by atoms with Gasteiger partial charge in [-0.1, -0.05) is 41.6 Å². The molecule has 0 spiro atoms. The molecule has 0 bridgehead atoms. The van der Waals surface area contributed by atoms with E-state index >= 15 is 0 Å². The quantitative estimate of drug-likeness (QED) is 0.664. The number of rotatable bonds is 4. The first-order valence-corrected chi connectivity index (χ1v) is 8.80. The van der Waals surface area contributed by atoms with Crippen molar-refractivity contribution in [1.29, 1.82) is 0 Å². The number of para-hydroxylation sites is 1. The number of carbonyl (C=O) groups excluding carboxylic acids is 1. The third-order valence-electron chi connectivity index (χ3n) is 3.92. The Balaban J connectivity index is 2.31. The minimum Gasteiger partial charge on any atom is -0.496 e. The van der Waals surface area contributed by atoms with Crippen molar-refractivity contribution < 1.29 is 9.53 Å². The van der Waals surface area contributed by atoms with E-state index in [2.05, 4.69) is 4.98 Å². The zero-order valence-corrected chi connectivity index (χ0v) is 15.5. The Morgan fingerprint density at radius 2 is 1.92 bits per heavy atom. The number of H-pyrrole nitrogens is 1. The van der Waals surface area contributed by atoms with Crippen molar-refractivity contribution in [3.8, 4) is 5.75 Å². The van der Waals surface area contributed by atoms with Crippen LogP contribution in [0.15, 0.2) is 51.1 Å². The van der Waals surface area contributed by atoms with Gasteiger partial charge in [0.2, 0.25) is 5.43 Å². The van der Waals surface area contributed by atoms with Crippen LogP contribution in [0.3, 0.4) is 0 Å². The second-order valence-electron chi connectivity index (χ2n) is 5.58. The summed E-state index contributed by atoms with van der Waals surface area (Å²) in [6.45, 7) is 3.27. The molecule has 0 aliphatic carbocycles. The van der Waals surface area contributed by atoms with E-state index in [1.807, 2.05) is 37.3 Å². The maximum absolute atomic E-state index is 12.9. The van der Waals surface area contributed by atoms with Gasteiger partial charge in [-0.05, 0) is 37.6 Å². The summed E-state index contributed by atoms with van der Waals surface area (Å²) in [5.74, 6) is 0.365. The van der Waals surface area contributed by atoms with E-state index in [1.54, 1.807) is 13.2 Å². The second kappa shape index (κ2) is 6.94. The van der Waals surface area contributed by atoms with Crippen molar-refractivity contribution in [3.05, 3.63) is 62.8 Å². The van der Waals surface area contributed by atoms with Crippen molar-refractivity contribution in [1.82, 2.24) is 4.98 Å². The molecule has 0 amide bonds. The summed E-state index contributed by atoms with van der Waals surface area (Å²) in [6.07, 6.45) is 0. The molecule has 3 rings (SSSR count). The molecule has 128 valence electrons. The Morgan fingerprint density at radius 3 is 2.60 bits per heavy atom. The van der Waals surface area contributed by atoms with Crippen LogP contribution in [0.4, 0.5) is 0 Å². The zero-order valence-electron chi connectivity index (χ0n) is 14.0. The smallest absolute Gasteiger partial charge is 0.202 e. The number of carbonyl (C=O) groups is 1. The Bertz CT molecular complexity index is 1040. The lowest BCUT2D eigenvalue weighted by atomic mass is 10.1. The van der Waals surface area contributed by atoms with Crippen molar-refractivity contribution >= 4 is 40.0 Å². The molecule has 0 saturated carbocycles. The van der Waals surface area contributed by atoms with Gasteiger partial charge in [-0.2, -0.15) is 0 Å². The number of aromatic amines is 1. The van der Waals surface area contributed by atoms with Crippen molar-refractivity contribution in [2.24, 2.45) is 0 Å². The van der Waals surface area contributed by atoms with Gasteiger partial charge in [0.1, 0.15) is 5.75 Å². The molecule has 4 nitrogen and oxygen atoms in total. The van der Waals surface area contributed by atoms with Crippen LogP contribution in [-0.2, 0) is 0 Å². The molecule has 1 heterocycles. The topological polar surface area (TPSA) is 59.2 Å². The number of ketones is 1. The average Bonchev–Trinajstić information content (AvgIpc) is 2.58. The van der Waals surface area contributed by atoms with Gasteiger partial charge in [-0.25, -0.2) is 0 Å². The largest absolute Gasteiger partial charge is 0.496 e. The molecular formula is C19H16ClNO3S. The fraction of sp³-hybridized carbons (Fsp3) is 0.158. The first-order chi connectivity index (χ1) is 11.9. The third kappa shape index (κ3) is 3.17. The lowest BCUT2D eigenvalue weighted by Gasteiger charge is -2.13. The highest BCUT2D eigenvalue weighted by Crippen LogP contribution is 2.36. The van der Waals surface area contributed by atoms with Crippen molar-refractivity contribution in [2.75, 3.05) is 7.11 Å². The molecule has 1 aromatic heterocycles. The number of halogens is 1. The highest BCUT2D eigenvalue weighted by Gasteiger charge is 2.20. The number of hydrogen-bond acceptors (Lipinski definition) is 4. The normalized spacial score (nSPS) is 10.9. The molecule has 3 aromatic rings. The van der Waals surface area contributed by atoms with Crippen LogP contribution in [0.5, 0.6) is 5.75 Å². The van der Waals surface area contributed by atoms with Gasteiger partial charge in [0, 0.05) is 0 Å². The lowest BCUT2D eigenvalue weighted by molar-refractivity contribution is 0.101. The number of benzene rings is 2. The first-order valence-electron chi connectivity index (χ1n) is 7.61. The van der Waals surface area contributed by atoms with Gasteiger partial charge < -0.3 is 9.72 Å². The minimum atomic E-state index is -0.354. The van der Waals surface area contributed by atoms with Gasteiger partial charge in [0.05, 0.1) is 38.5 Å².